The maximum atomic E-state index is 11.7. The first-order valence-corrected chi connectivity index (χ1v) is 5.86. The molecule has 0 spiro atoms. The van der Waals surface area contributed by atoms with Crippen molar-refractivity contribution in [2.45, 2.75) is 19.9 Å². The van der Waals surface area contributed by atoms with Gasteiger partial charge in [0.2, 0.25) is 0 Å². The molecule has 0 amide bonds. The number of carbonyl (C=O) groups is 1. The van der Waals surface area contributed by atoms with Crippen LogP contribution < -0.4 is 5.73 Å². The van der Waals surface area contributed by atoms with Crippen LogP contribution in [-0.4, -0.2) is 13.1 Å². The molecule has 1 aromatic rings. The van der Waals surface area contributed by atoms with Crippen LogP contribution >= 0.6 is 23.2 Å². The van der Waals surface area contributed by atoms with Crippen LogP contribution in [0, 0.1) is 5.41 Å². The van der Waals surface area contributed by atoms with Gasteiger partial charge in [-0.15, -0.1) is 0 Å². The number of carbonyl (C=O) groups excluding carboxylic acids is 1. The van der Waals surface area contributed by atoms with Gasteiger partial charge >= 0.3 is 5.97 Å². The molecule has 0 saturated heterocycles. The normalized spacial score (nSPS) is 13.3. The van der Waals surface area contributed by atoms with Crippen molar-refractivity contribution in [1.29, 1.82) is 0 Å². The summed E-state index contributed by atoms with van der Waals surface area (Å²) in [7, 11) is 1.33. The fourth-order valence-corrected chi connectivity index (χ4v) is 1.96. The van der Waals surface area contributed by atoms with Gasteiger partial charge in [0.1, 0.15) is 0 Å². The molecule has 0 aliphatic rings. The van der Waals surface area contributed by atoms with Gasteiger partial charge in [-0.2, -0.15) is 0 Å². The standard InChI is InChI=1S/C12H15Cl2NO2/c1-12(2,11(16)17-3)10(15)7-5-4-6-8(13)9(7)14/h4-6,10H,15H2,1-3H3/t10-/m0/s1. The van der Waals surface area contributed by atoms with Gasteiger partial charge < -0.3 is 10.5 Å². The zero-order chi connectivity index (χ0) is 13.2. The van der Waals surface area contributed by atoms with Crippen molar-refractivity contribution in [3.63, 3.8) is 0 Å². The molecule has 17 heavy (non-hydrogen) atoms. The van der Waals surface area contributed by atoms with E-state index < -0.39 is 11.5 Å². The van der Waals surface area contributed by atoms with Crippen molar-refractivity contribution in [3.8, 4) is 0 Å². The Bertz CT molecular complexity index is 433. The second-order valence-corrected chi connectivity index (χ2v) is 5.12. The molecule has 0 aliphatic heterocycles. The number of nitrogens with two attached hydrogens (primary N) is 1. The predicted molar refractivity (Wildman–Crippen MR) is 69.2 cm³/mol. The summed E-state index contributed by atoms with van der Waals surface area (Å²) in [5, 5.41) is 0.791. The molecule has 0 aliphatic carbocycles. The Morgan fingerprint density at radius 1 is 1.41 bits per heavy atom. The van der Waals surface area contributed by atoms with Gasteiger partial charge in [0.25, 0.3) is 0 Å². The van der Waals surface area contributed by atoms with E-state index in [0.29, 0.717) is 15.6 Å². The largest absolute Gasteiger partial charge is 0.469 e. The topological polar surface area (TPSA) is 52.3 Å². The summed E-state index contributed by atoms with van der Waals surface area (Å²) in [4.78, 5) is 11.7. The first-order chi connectivity index (χ1) is 7.82. The van der Waals surface area contributed by atoms with Crippen molar-refractivity contribution < 1.29 is 9.53 Å². The lowest BCUT2D eigenvalue weighted by molar-refractivity contribution is -0.152. The van der Waals surface area contributed by atoms with Gasteiger partial charge in [0.05, 0.1) is 22.6 Å². The van der Waals surface area contributed by atoms with E-state index in [1.54, 1.807) is 32.0 Å². The summed E-state index contributed by atoms with van der Waals surface area (Å²) >= 11 is 12.0. The van der Waals surface area contributed by atoms with Crippen molar-refractivity contribution in [3.05, 3.63) is 33.8 Å². The number of rotatable bonds is 3. The van der Waals surface area contributed by atoms with Crippen molar-refractivity contribution in [2.24, 2.45) is 11.1 Å². The highest BCUT2D eigenvalue weighted by molar-refractivity contribution is 6.42. The third-order valence-corrected chi connectivity index (χ3v) is 3.64. The van der Waals surface area contributed by atoms with Crippen LogP contribution in [0.4, 0.5) is 0 Å². The molecule has 3 nitrogen and oxygen atoms in total. The van der Waals surface area contributed by atoms with Crippen molar-refractivity contribution in [2.75, 3.05) is 7.11 Å². The first kappa shape index (κ1) is 14.3. The monoisotopic (exact) mass is 275 g/mol. The molecule has 1 atom stereocenters. The highest BCUT2D eigenvalue weighted by atomic mass is 35.5. The molecule has 1 aromatic carbocycles. The molecule has 0 aromatic heterocycles. The molecule has 0 radical (unpaired) electrons. The minimum atomic E-state index is -0.872. The van der Waals surface area contributed by atoms with Crippen LogP contribution in [0.5, 0.6) is 0 Å². The van der Waals surface area contributed by atoms with Gasteiger partial charge in [-0.05, 0) is 25.5 Å². The molecule has 2 N–H and O–H groups in total. The zero-order valence-electron chi connectivity index (χ0n) is 9.96. The smallest absolute Gasteiger partial charge is 0.313 e. The quantitative estimate of drug-likeness (QED) is 0.862. The third-order valence-electron chi connectivity index (χ3n) is 2.81. The van der Waals surface area contributed by atoms with Crippen molar-refractivity contribution in [1.82, 2.24) is 0 Å². The molecule has 1 rings (SSSR count). The molecule has 0 heterocycles. The fourth-order valence-electron chi connectivity index (χ4n) is 1.54. The number of hydrogen-bond donors (Lipinski definition) is 1. The van der Waals surface area contributed by atoms with Gasteiger partial charge in [-0.3, -0.25) is 4.79 Å². The van der Waals surface area contributed by atoms with E-state index >= 15 is 0 Å². The van der Waals surface area contributed by atoms with Crippen LogP contribution in [0.25, 0.3) is 0 Å². The van der Waals surface area contributed by atoms with Crippen LogP contribution in [0.15, 0.2) is 18.2 Å². The van der Waals surface area contributed by atoms with E-state index in [4.69, 9.17) is 33.7 Å². The van der Waals surface area contributed by atoms with Gasteiger partial charge in [0.15, 0.2) is 0 Å². The number of halogens is 2. The first-order valence-electron chi connectivity index (χ1n) is 5.10. The lowest BCUT2D eigenvalue weighted by Crippen LogP contribution is -2.37. The van der Waals surface area contributed by atoms with E-state index in [0.717, 1.165) is 0 Å². The summed E-state index contributed by atoms with van der Waals surface area (Å²) in [6.07, 6.45) is 0. The zero-order valence-corrected chi connectivity index (χ0v) is 11.5. The minimum absolute atomic E-state index is 0.374. The Morgan fingerprint density at radius 2 is 2.00 bits per heavy atom. The van der Waals surface area contributed by atoms with Crippen LogP contribution in [0.3, 0.4) is 0 Å². The van der Waals surface area contributed by atoms with Crippen LogP contribution in [0.1, 0.15) is 25.5 Å². The molecule has 0 bridgehead atoms. The Morgan fingerprint density at radius 3 is 2.53 bits per heavy atom. The number of methoxy groups -OCH3 is 1. The summed E-state index contributed by atoms with van der Waals surface area (Å²) in [6, 6.07) is 4.59. The van der Waals surface area contributed by atoms with E-state index in [1.807, 2.05) is 0 Å². The SMILES string of the molecule is COC(=O)C(C)(C)[C@@H](N)c1cccc(Cl)c1Cl. The lowest BCUT2D eigenvalue weighted by atomic mass is 9.81. The predicted octanol–water partition coefficient (Wildman–Crippen LogP) is 3.19. The number of hydrogen-bond acceptors (Lipinski definition) is 3. The highest BCUT2D eigenvalue weighted by Crippen LogP contribution is 2.38. The van der Waals surface area contributed by atoms with E-state index in [9.17, 15) is 4.79 Å². The Labute approximate surface area is 111 Å². The summed E-state index contributed by atoms with van der Waals surface area (Å²) in [6.45, 7) is 3.42. The second kappa shape index (κ2) is 5.25. The molecular weight excluding hydrogens is 261 g/mol. The summed E-state index contributed by atoms with van der Waals surface area (Å²) in [5.74, 6) is -0.388. The highest BCUT2D eigenvalue weighted by Gasteiger charge is 2.37. The molecule has 0 fully saturated rings. The van der Waals surface area contributed by atoms with Gasteiger partial charge in [-0.1, -0.05) is 35.3 Å². The Balaban J connectivity index is 3.16. The van der Waals surface area contributed by atoms with Gasteiger partial charge in [-0.25, -0.2) is 0 Å². The minimum Gasteiger partial charge on any atom is -0.469 e. The Hall–Kier alpha value is -0.770. The number of benzene rings is 1. The Kier molecular flexibility index (Phi) is 4.42. The van der Waals surface area contributed by atoms with Crippen LogP contribution in [0.2, 0.25) is 10.0 Å². The molecule has 94 valence electrons. The average Bonchev–Trinajstić information content (AvgIpc) is 2.30. The maximum absolute atomic E-state index is 11.7. The summed E-state index contributed by atoms with van der Waals surface area (Å²) in [5.41, 5.74) is 5.84. The van der Waals surface area contributed by atoms with Crippen LogP contribution in [-0.2, 0) is 9.53 Å². The molecule has 0 unspecified atom stereocenters. The number of ether oxygens (including phenoxy) is 1. The molecule has 0 saturated carbocycles. The summed E-state index contributed by atoms with van der Waals surface area (Å²) < 4.78 is 4.73. The van der Waals surface area contributed by atoms with E-state index in [-0.39, 0.29) is 5.97 Å². The maximum Gasteiger partial charge on any atom is 0.313 e. The molecular formula is C12H15Cl2NO2. The van der Waals surface area contributed by atoms with E-state index in [2.05, 4.69) is 0 Å². The fraction of sp³-hybridized carbons (Fsp3) is 0.417. The van der Waals surface area contributed by atoms with E-state index in [1.165, 1.54) is 7.11 Å². The third kappa shape index (κ3) is 2.73. The van der Waals surface area contributed by atoms with Crippen molar-refractivity contribution >= 4 is 29.2 Å². The average molecular weight is 276 g/mol. The second-order valence-electron chi connectivity index (χ2n) is 4.33. The number of esters is 1. The lowest BCUT2D eigenvalue weighted by Gasteiger charge is -2.29. The van der Waals surface area contributed by atoms with Gasteiger partial charge in [0, 0.05) is 6.04 Å². The molecule has 5 heteroatoms.